The summed E-state index contributed by atoms with van der Waals surface area (Å²) in [5, 5.41) is 3.73. The molecule has 0 radical (unpaired) electrons. The molecule has 0 saturated heterocycles. The first-order valence-corrected chi connectivity index (χ1v) is 6.30. The van der Waals surface area contributed by atoms with Crippen molar-refractivity contribution in [2.75, 3.05) is 11.9 Å². The van der Waals surface area contributed by atoms with Gasteiger partial charge < -0.3 is 11.1 Å². The van der Waals surface area contributed by atoms with Gasteiger partial charge in [0.25, 0.3) is 0 Å². The van der Waals surface area contributed by atoms with Gasteiger partial charge in [-0.1, -0.05) is 36.5 Å². The lowest BCUT2D eigenvalue weighted by Gasteiger charge is -2.14. The highest BCUT2D eigenvalue weighted by molar-refractivity contribution is 6.36. The first-order chi connectivity index (χ1) is 8.08. The molecule has 94 valence electrons. The van der Waals surface area contributed by atoms with Crippen LogP contribution in [0.15, 0.2) is 18.2 Å². The number of nitrogens with two attached hydrogens (primary N) is 1. The average Bonchev–Trinajstić information content (AvgIpc) is 2.29. The molecule has 5 heteroatoms. The summed E-state index contributed by atoms with van der Waals surface area (Å²) >= 11 is 11.7. The summed E-state index contributed by atoms with van der Waals surface area (Å²) in [6.07, 6.45) is 1.69. The summed E-state index contributed by atoms with van der Waals surface area (Å²) in [6.45, 7) is 2.36. The largest absolute Gasteiger partial charge is 0.330 e. The lowest BCUT2D eigenvalue weighted by molar-refractivity contribution is -0.119. The van der Waals surface area contributed by atoms with Crippen LogP contribution in [0.5, 0.6) is 0 Å². The maximum Gasteiger partial charge on any atom is 0.228 e. The molecule has 3 N–H and O–H groups in total. The minimum absolute atomic E-state index is 0.0985. The number of hydrogen-bond acceptors (Lipinski definition) is 2. The average molecular weight is 275 g/mol. The molecule has 0 aliphatic carbocycles. The third-order valence-electron chi connectivity index (χ3n) is 2.48. The number of amides is 1. The topological polar surface area (TPSA) is 55.1 Å². The van der Waals surface area contributed by atoms with Crippen LogP contribution in [-0.2, 0) is 4.79 Å². The maximum absolute atomic E-state index is 11.9. The zero-order chi connectivity index (χ0) is 12.8. The van der Waals surface area contributed by atoms with Gasteiger partial charge in [-0.15, -0.1) is 0 Å². The molecule has 0 heterocycles. The van der Waals surface area contributed by atoms with Gasteiger partial charge >= 0.3 is 0 Å². The summed E-state index contributed by atoms with van der Waals surface area (Å²) < 4.78 is 0. The van der Waals surface area contributed by atoms with Crippen LogP contribution in [0.3, 0.4) is 0 Å². The van der Waals surface area contributed by atoms with Gasteiger partial charge in [0.05, 0.1) is 16.6 Å². The molecule has 1 aromatic rings. The fraction of sp³-hybridized carbons (Fsp3) is 0.417. The van der Waals surface area contributed by atoms with Crippen LogP contribution in [0.25, 0.3) is 0 Å². The lowest BCUT2D eigenvalue weighted by Crippen LogP contribution is -2.29. The SMILES string of the molecule is CCCC(CN)C(=O)Nc1ccc(Cl)cc1Cl. The van der Waals surface area contributed by atoms with E-state index in [-0.39, 0.29) is 11.8 Å². The van der Waals surface area contributed by atoms with Crippen LogP contribution in [0.2, 0.25) is 10.0 Å². The molecule has 1 rings (SSSR count). The van der Waals surface area contributed by atoms with E-state index in [1.54, 1.807) is 18.2 Å². The van der Waals surface area contributed by atoms with Crippen LogP contribution < -0.4 is 11.1 Å². The van der Waals surface area contributed by atoms with E-state index in [1.807, 2.05) is 6.92 Å². The second-order valence-electron chi connectivity index (χ2n) is 3.83. The van der Waals surface area contributed by atoms with Gasteiger partial charge in [-0.3, -0.25) is 4.79 Å². The van der Waals surface area contributed by atoms with E-state index in [0.717, 1.165) is 12.8 Å². The predicted octanol–water partition coefficient (Wildman–Crippen LogP) is 3.31. The normalized spacial score (nSPS) is 12.2. The Morgan fingerprint density at radius 1 is 1.47 bits per heavy atom. The van der Waals surface area contributed by atoms with Gasteiger partial charge in [-0.05, 0) is 24.6 Å². The number of rotatable bonds is 5. The van der Waals surface area contributed by atoms with Gasteiger partial charge in [-0.25, -0.2) is 0 Å². The Kier molecular flexibility index (Phi) is 5.75. The smallest absolute Gasteiger partial charge is 0.228 e. The molecule has 0 aromatic heterocycles. The molecule has 0 aliphatic rings. The van der Waals surface area contributed by atoms with Crippen molar-refractivity contribution in [3.05, 3.63) is 28.2 Å². The Balaban J connectivity index is 2.73. The van der Waals surface area contributed by atoms with Crippen molar-refractivity contribution in [1.29, 1.82) is 0 Å². The molecule has 1 unspecified atom stereocenters. The predicted molar refractivity (Wildman–Crippen MR) is 72.5 cm³/mol. The summed E-state index contributed by atoms with van der Waals surface area (Å²) in [5.41, 5.74) is 6.13. The summed E-state index contributed by atoms with van der Waals surface area (Å²) in [7, 11) is 0. The highest BCUT2D eigenvalue weighted by Gasteiger charge is 2.16. The highest BCUT2D eigenvalue weighted by atomic mass is 35.5. The Morgan fingerprint density at radius 2 is 2.18 bits per heavy atom. The molecular weight excluding hydrogens is 259 g/mol. The van der Waals surface area contributed by atoms with E-state index in [9.17, 15) is 4.79 Å². The molecule has 3 nitrogen and oxygen atoms in total. The molecule has 0 aliphatic heterocycles. The zero-order valence-corrected chi connectivity index (χ0v) is 11.2. The van der Waals surface area contributed by atoms with Crippen molar-refractivity contribution >= 4 is 34.8 Å². The Morgan fingerprint density at radius 3 is 2.71 bits per heavy atom. The number of benzene rings is 1. The van der Waals surface area contributed by atoms with Crippen molar-refractivity contribution in [2.45, 2.75) is 19.8 Å². The summed E-state index contributed by atoms with van der Waals surface area (Å²) in [5.74, 6) is -0.273. The van der Waals surface area contributed by atoms with E-state index in [1.165, 1.54) is 0 Å². The van der Waals surface area contributed by atoms with E-state index in [0.29, 0.717) is 22.3 Å². The number of carbonyl (C=O) groups excluding carboxylic acids is 1. The fourth-order valence-electron chi connectivity index (χ4n) is 1.53. The number of carbonyl (C=O) groups is 1. The summed E-state index contributed by atoms with van der Waals surface area (Å²) in [6, 6.07) is 4.96. The van der Waals surface area contributed by atoms with E-state index >= 15 is 0 Å². The van der Waals surface area contributed by atoms with Crippen molar-refractivity contribution in [3.63, 3.8) is 0 Å². The summed E-state index contributed by atoms with van der Waals surface area (Å²) in [4.78, 5) is 11.9. The minimum atomic E-state index is -0.174. The molecule has 17 heavy (non-hydrogen) atoms. The molecule has 0 saturated carbocycles. The van der Waals surface area contributed by atoms with Crippen LogP contribution in [0, 0.1) is 5.92 Å². The van der Waals surface area contributed by atoms with Crippen molar-refractivity contribution in [3.8, 4) is 0 Å². The minimum Gasteiger partial charge on any atom is -0.330 e. The quantitative estimate of drug-likeness (QED) is 0.866. The van der Waals surface area contributed by atoms with Crippen LogP contribution in [0.4, 0.5) is 5.69 Å². The second-order valence-corrected chi connectivity index (χ2v) is 4.68. The molecule has 1 aromatic carbocycles. The lowest BCUT2D eigenvalue weighted by atomic mass is 10.0. The molecule has 0 spiro atoms. The molecule has 1 atom stereocenters. The Bertz CT molecular complexity index is 396. The van der Waals surface area contributed by atoms with Crippen LogP contribution in [-0.4, -0.2) is 12.5 Å². The van der Waals surface area contributed by atoms with Gasteiger partial charge in [0.15, 0.2) is 0 Å². The molecule has 1 amide bonds. The van der Waals surface area contributed by atoms with Gasteiger partial charge in [0, 0.05) is 11.6 Å². The second kappa shape index (κ2) is 6.84. The molecular formula is C12H16Cl2N2O. The van der Waals surface area contributed by atoms with Crippen LogP contribution in [0.1, 0.15) is 19.8 Å². The molecule has 0 fully saturated rings. The fourth-order valence-corrected chi connectivity index (χ4v) is 1.99. The monoisotopic (exact) mass is 274 g/mol. The standard InChI is InChI=1S/C12H16Cl2N2O/c1-2-3-8(7-15)12(17)16-11-5-4-9(13)6-10(11)14/h4-6,8H,2-3,7,15H2,1H3,(H,16,17). The van der Waals surface area contributed by atoms with Crippen molar-refractivity contribution < 1.29 is 4.79 Å². The Labute approximate surface area is 111 Å². The number of hydrogen-bond donors (Lipinski definition) is 2. The van der Waals surface area contributed by atoms with Gasteiger partial charge in [-0.2, -0.15) is 0 Å². The molecule has 0 bridgehead atoms. The zero-order valence-electron chi connectivity index (χ0n) is 9.67. The highest BCUT2D eigenvalue weighted by Crippen LogP contribution is 2.25. The third kappa shape index (κ3) is 4.19. The third-order valence-corrected chi connectivity index (χ3v) is 3.03. The van der Waals surface area contributed by atoms with Gasteiger partial charge in [0.1, 0.15) is 0 Å². The number of nitrogens with one attached hydrogen (secondary N) is 1. The van der Waals surface area contributed by atoms with Gasteiger partial charge in [0.2, 0.25) is 5.91 Å². The van der Waals surface area contributed by atoms with Crippen LogP contribution >= 0.6 is 23.2 Å². The van der Waals surface area contributed by atoms with E-state index < -0.39 is 0 Å². The number of anilines is 1. The number of halogens is 2. The van der Waals surface area contributed by atoms with Crippen molar-refractivity contribution in [2.24, 2.45) is 11.7 Å². The first kappa shape index (κ1) is 14.3. The van der Waals surface area contributed by atoms with E-state index in [4.69, 9.17) is 28.9 Å². The van der Waals surface area contributed by atoms with E-state index in [2.05, 4.69) is 5.32 Å². The Hall–Kier alpha value is -0.770. The first-order valence-electron chi connectivity index (χ1n) is 5.54. The van der Waals surface area contributed by atoms with Crippen molar-refractivity contribution in [1.82, 2.24) is 0 Å². The maximum atomic E-state index is 11.9.